The monoisotopic (exact) mass is 523 g/mol. The van der Waals surface area contributed by atoms with Gasteiger partial charge in [-0.15, -0.1) is 0 Å². The van der Waals surface area contributed by atoms with Crippen molar-refractivity contribution in [3.05, 3.63) is 92.9 Å². The summed E-state index contributed by atoms with van der Waals surface area (Å²) in [6.45, 7) is 0.238. The lowest BCUT2D eigenvalue weighted by Crippen LogP contribution is -2.31. The number of amides is 1. The van der Waals surface area contributed by atoms with Crippen LogP contribution in [0.15, 0.2) is 86.6 Å². The minimum absolute atomic E-state index is 0.0167. The molecular formula is C20H15Br2NO4S. The molecule has 8 heteroatoms. The van der Waals surface area contributed by atoms with E-state index in [4.69, 9.17) is 4.74 Å². The summed E-state index contributed by atoms with van der Waals surface area (Å²) in [6.07, 6.45) is 0. The Bertz CT molecular complexity index is 1100. The Balaban J connectivity index is 1.84. The number of hydrogen-bond acceptors (Lipinski definition) is 4. The van der Waals surface area contributed by atoms with Crippen LogP contribution in [0.2, 0.25) is 0 Å². The second-order valence-corrected chi connectivity index (χ2v) is 9.24. The third-order valence-electron chi connectivity index (χ3n) is 3.77. The fourth-order valence-corrected chi connectivity index (χ4v) is 4.48. The van der Waals surface area contributed by atoms with Crippen LogP contribution in [-0.4, -0.2) is 14.3 Å². The van der Waals surface area contributed by atoms with Crippen molar-refractivity contribution in [2.24, 2.45) is 0 Å². The number of carbonyl (C=O) groups excluding carboxylic acids is 1. The summed E-state index contributed by atoms with van der Waals surface area (Å²) < 4.78 is 34.1. The molecule has 3 rings (SSSR count). The van der Waals surface area contributed by atoms with Crippen molar-refractivity contribution < 1.29 is 17.9 Å². The Morgan fingerprint density at radius 2 is 1.64 bits per heavy atom. The number of carbonyl (C=O) groups is 1. The lowest BCUT2D eigenvalue weighted by atomic mass is 10.2. The van der Waals surface area contributed by atoms with E-state index >= 15 is 0 Å². The molecule has 0 saturated carbocycles. The van der Waals surface area contributed by atoms with E-state index in [1.807, 2.05) is 30.3 Å². The minimum atomic E-state index is -4.03. The van der Waals surface area contributed by atoms with Gasteiger partial charge < -0.3 is 4.74 Å². The molecule has 28 heavy (non-hydrogen) atoms. The normalized spacial score (nSPS) is 11.1. The molecule has 0 atom stereocenters. The Hall–Kier alpha value is -2.16. The fourth-order valence-electron chi connectivity index (χ4n) is 2.43. The Morgan fingerprint density at radius 1 is 0.929 bits per heavy atom. The number of rotatable bonds is 6. The quantitative estimate of drug-likeness (QED) is 0.497. The Morgan fingerprint density at radius 3 is 2.36 bits per heavy atom. The van der Waals surface area contributed by atoms with Gasteiger partial charge in [0.2, 0.25) is 0 Å². The average molecular weight is 525 g/mol. The first kappa shape index (κ1) is 20.6. The number of ether oxygens (including phenoxy) is 1. The van der Waals surface area contributed by atoms with Gasteiger partial charge in [0.05, 0.1) is 14.9 Å². The summed E-state index contributed by atoms with van der Waals surface area (Å²) in [5.41, 5.74) is 1.04. The fraction of sp³-hybridized carbons (Fsp3) is 0.0500. The van der Waals surface area contributed by atoms with Crippen LogP contribution >= 0.6 is 31.9 Å². The van der Waals surface area contributed by atoms with Crippen molar-refractivity contribution in [2.45, 2.75) is 11.5 Å². The van der Waals surface area contributed by atoms with Gasteiger partial charge >= 0.3 is 0 Å². The molecule has 1 N–H and O–H groups in total. The highest BCUT2D eigenvalue weighted by Gasteiger charge is 2.22. The molecule has 0 spiro atoms. The first-order valence-corrected chi connectivity index (χ1v) is 11.2. The number of sulfonamides is 1. The predicted octanol–water partition coefficient (Wildman–Crippen LogP) is 4.91. The zero-order valence-corrected chi connectivity index (χ0v) is 18.4. The summed E-state index contributed by atoms with van der Waals surface area (Å²) in [5, 5.41) is 0. The Labute approximate surface area is 180 Å². The van der Waals surface area contributed by atoms with Crippen molar-refractivity contribution in [1.29, 1.82) is 0 Å². The van der Waals surface area contributed by atoms with E-state index in [1.54, 1.807) is 24.3 Å². The van der Waals surface area contributed by atoms with Gasteiger partial charge in [-0.1, -0.05) is 58.4 Å². The molecule has 144 valence electrons. The summed E-state index contributed by atoms with van der Waals surface area (Å²) in [6, 6.07) is 20.4. The van der Waals surface area contributed by atoms with E-state index in [9.17, 15) is 13.2 Å². The number of nitrogens with one attached hydrogen (secondary N) is 1. The van der Waals surface area contributed by atoms with Crippen LogP contribution in [-0.2, 0) is 16.6 Å². The van der Waals surface area contributed by atoms with Gasteiger partial charge in [0.15, 0.2) is 0 Å². The molecule has 1 amide bonds. The maximum Gasteiger partial charge on any atom is 0.268 e. The summed E-state index contributed by atoms with van der Waals surface area (Å²) in [5.74, 6) is -0.502. The van der Waals surface area contributed by atoms with E-state index < -0.39 is 15.9 Å². The smallest absolute Gasteiger partial charge is 0.268 e. The van der Waals surface area contributed by atoms with E-state index in [1.165, 1.54) is 18.2 Å². The topological polar surface area (TPSA) is 72.5 Å². The standard InChI is InChI=1S/C20H15Br2NO4S/c21-15-8-4-9-16(12-15)28(25,26)23-20(24)17-10-5-11-18(22)19(17)27-13-14-6-2-1-3-7-14/h1-12H,13H2,(H,23,24). The third kappa shape index (κ3) is 5.01. The zero-order chi connectivity index (χ0) is 20.1. The highest BCUT2D eigenvalue weighted by atomic mass is 79.9. The van der Waals surface area contributed by atoms with E-state index in [2.05, 4.69) is 36.6 Å². The van der Waals surface area contributed by atoms with Gasteiger partial charge in [0, 0.05) is 4.47 Å². The first-order chi connectivity index (χ1) is 13.4. The molecule has 0 fully saturated rings. The first-order valence-electron chi connectivity index (χ1n) is 8.15. The van der Waals surface area contributed by atoms with Crippen LogP contribution in [0, 0.1) is 0 Å². The lowest BCUT2D eigenvalue weighted by molar-refractivity contribution is 0.0977. The molecule has 0 aliphatic carbocycles. The highest BCUT2D eigenvalue weighted by Crippen LogP contribution is 2.30. The van der Waals surface area contributed by atoms with Gasteiger partial charge in [-0.25, -0.2) is 13.1 Å². The van der Waals surface area contributed by atoms with Crippen LogP contribution in [0.1, 0.15) is 15.9 Å². The molecule has 0 bridgehead atoms. The van der Waals surface area contributed by atoms with Gasteiger partial charge in [0.1, 0.15) is 12.4 Å². The molecule has 0 aromatic heterocycles. The van der Waals surface area contributed by atoms with E-state index in [0.29, 0.717) is 8.95 Å². The molecule has 3 aromatic carbocycles. The maximum absolute atomic E-state index is 12.7. The molecule has 0 radical (unpaired) electrons. The molecular weight excluding hydrogens is 510 g/mol. The second-order valence-electron chi connectivity index (χ2n) is 5.78. The number of halogens is 2. The average Bonchev–Trinajstić information content (AvgIpc) is 2.67. The van der Waals surface area contributed by atoms with Crippen LogP contribution in [0.4, 0.5) is 0 Å². The van der Waals surface area contributed by atoms with Crippen molar-refractivity contribution in [2.75, 3.05) is 0 Å². The van der Waals surface area contributed by atoms with Gasteiger partial charge in [-0.05, 0) is 51.8 Å². The van der Waals surface area contributed by atoms with Crippen molar-refractivity contribution in [3.8, 4) is 5.75 Å². The molecule has 3 aromatic rings. The molecule has 0 aliphatic rings. The number of para-hydroxylation sites is 1. The van der Waals surface area contributed by atoms with Crippen molar-refractivity contribution in [3.63, 3.8) is 0 Å². The van der Waals surface area contributed by atoms with Crippen LogP contribution in [0.3, 0.4) is 0 Å². The van der Waals surface area contributed by atoms with Gasteiger partial charge in [0.25, 0.3) is 15.9 Å². The largest absolute Gasteiger partial charge is 0.487 e. The number of hydrogen-bond donors (Lipinski definition) is 1. The summed E-state index contributed by atoms with van der Waals surface area (Å²) in [7, 11) is -4.03. The predicted molar refractivity (Wildman–Crippen MR) is 114 cm³/mol. The van der Waals surface area contributed by atoms with Crippen LogP contribution in [0.5, 0.6) is 5.75 Å². The summed E-state index contributed by atoms with van der Waals surface area (Å²) in [4.78, 5) is 12.7. The molecule has 0 heterocycles. The molecule has 0 saturated heterocycles. The molecule has 0 aliphatic heterocycles. The summed E-state index contributed by atoms with van der Waals surface area (Å²) >= 11 is 6.59. The van der Waals surface area contributed by atoms with E-state index in [-0.39, 0.29) is 22.8 Å². The second kappa shape index (κ2) is 8.89. The van der Waals surface area contributed by atoms with Gasteiger partial charge in [-0.2, -0.15) is 0 Å². The van der Waals surface area contributed by atoms with Crippen molar-refractivity contribution >= 4 is 47.8 Å². The van der Waals surface area contributed by atoms with Crippen LogP contribution < -0.4 is 9.46 Å². The number of benzene rings is 3. The van der Waals surface area contributed by atoms with Crippen LogP contribution in [0.25, 0.3) is 0 Å². The third-order valence-corrected chi connectivity index (χ3v) is 6.22. The Kier molecular flexibility index (Phi) is 6.53. The SMILES string of the molecule is O=C(NS(=O)(=O)c1cccc(Br)c1)c1cccc(Br)c1OCc1ccccc1. The maximum atomic E-state index is 12.7. The molecule has 5 nitrogen and oxygen atoms in total. The van der Waals surface area contributed by atoms with E-state index in [0.717, 1.165) is 5.56 Å². The lowest BCUT2D eigenvalue weighted by Gasteiger charge is -2.14. The van der Waals surface area contributed by atoms with Crippen molar-refractivity contribution in [1.82, 2.24) is 4.72 Å². The molecule has 0 unspecified atom stereocenters. The zero-order valence-electron chi connectivity index (χ0n) is 14.4. The highest BCUT2D eigenvalue weighted by molar-refractivity contribution is 9.10. The van der Waals surface area contributed by atoms with Gasteiger partial charge in [-0.3, -0.25) is 4.79 Å². The minimum Gasteiger partial charge on any atom is -0.487 e.